The second-order valence-corrected chi connectivity index (χ2v) is 2.36. The highest BCUT2D eigenvalue weighted by atomic mass is 32.1. The summed E-state index contributed by atoms with van der Waals surface area (Å²) in [7, 11) is 0. The number of hydrogen-bond acceptors (Lipinski definition) is 4. The van der Waals surface area contributed by atoms with Crippen LogP contribution in [0.3, 0.4) is 0 Å². The minimum Gasteiger partial charge on any atom is -0.241 e. The molecule has 0 saturated heterocycles. The molecule has 1 aromatic rings. The highest BCUT2D eigenvalue weighted by molar-refractivity contribution is 7.59. The summed E-state index contributed by atoms with van der Waals surface area (Å²) in [6, 6.07) is 6.87. The van der Waals surface area contributed by atoms with Crippen LogP contribution in [0.1, 0.15) is 15.9 Å². The maximum absolute atomic E-state index is 11.1. The van der Waals surface area contributed by atoms with E-state index < -0.39 is 5.97 Å². The third-order valence-corrected chi connectivity index (χ3v) is 1.52. The molecule has 4 nitrogen and oxygen atoms in total. The van der Waals surface area contributed by atoms with E-state index in [1.165, 1.54) is 6.26 Å². The van der Waals surface area contributed by atoms with E-state index in [4.69, 9.17) is 5.26 Å². The average Bonchev–Trinajstić information content (AvgIpc) is 2.15. The molecule has 0 aliphatic carbocycles. The van der Waals surface area contributed by atoms with Crippen molar-refractivity contribution in [3.8, 4) is 6.26 Å². The van der Waals surface area contributed by atoms with Crippen LogP contribution in [-0.4, -0.2) is 5.97 Å². The van der Waals surface area contributed by atoms with Crippen LogP contribution < -0.4 is 0 Å². The lowest BCUT2D eigenvalue weighted by molar-refractivity contribution is -0.180. The summed E-state index contributed by atoms with van der Waals surface area (Å²) in [6.07, 6.45) is 1.24. The Morgan fingerprint density at radius 1 is 1.43 bits per heavy atom. The van der Waals surface area contributed by atoms with Gasteiger partial charge in [-0.15, -0.1) is 5.26 Å². The quantitative estimate of drug-likeness (QED) is 0.424. The van der Waals surface area contributed by atoms with Crippen molar-refractivity contribution < 1.29 is 14.6 Å². The van der Waals surface area contributed by atoms with Crippen molar-refractivity contribution in [1.82, 2.24) is 0 Å². The average molecular weight is 211 g/mol. The number of carbonyl (C=O) groups excluding carboxylic acids is 1. The fraction of sp³-hybridized carbons (Fsp3) is 0.111. The summed E-state index contributed by atoms with van der Waals surface area (Å²) in [5, 5.41) is 7.98. The number of benzene rings is 1. The SMILES string of the molecule is Cc1ccccc1C(=O)OOC#N.S. The van der Waals surface area contributed by atoms with E-state index in [1.807, 2.05) is 0 Å². The van der Waals surface area contributed by atoms with Crippen molar-refractivity contribution in [3.63, 3.8) is 0 Å². The molecule has 0 aliphatic heterocycles. The van der Waals surface area contributed by atoms with Gasteiger partial charge in [0.2, 0.25) is 0 Å². The molecule has 0 heterocycles. The lowest BCUT2D eigenvalue weighted by Gasteiger charge is -2.00. The lowest BCUT2D eigenvalue weighted by atomic mass is 10.1. The van der Waals surface area contributed by atoms with Gasteiger partial charge in [0.25, 0.3) is 0 Å². The number of nitrogens with zero attached hydrogens (tertiary/aromatic N) is 1. The largest absolute Gasteiger partial charge is 0.387 e. The molecule has 0 radical (unpaired) electrons. The molecule has 0 atom stereocenters. The zero-order chi connectivity index (χ0) is 9.68. The third kappa shape index (κ3) is 2.99. The Bertz CT molecular complexity index is 359. The molecule has 0 aromatic heterocycles. The zero-order valence-electron chi connectivity index (χ0n) is 7.48. The number of hydrogen-bond donors (Lipinski definition) is 0. The molecule has 0 saturated carbocycles. The summed E-state index contributed by atoms with van der Waals surface area (Å²) >= 11 is 0. The molecule has 0 bridgehead atoms. The maximum atomic E-state index is 11.1. The minimum atomic E-state index is -0.667. The van der Waals surface area contributed by atoms with Gasteiger partial charge >= 0.3 is 12.2 Å². The summed E-state index contributed by atoms with van der Waals surface area (Å²) in [5.74, 6) is -0.667. The molecule has 0 amide bonds. The van der Waals surface area contributed by atoms with Crippen molar-refractivity contribution in [1.29, 1.82) is 5.26 Å². The molecule has 0 fully saturated rings. The van der Waals surface area contributed by atoms with Crippen LogP contribution in [0.5, 0.6) is 0 Å². The van der Waals surface area contributed by atoms with E-state index in [-0.39, 0.29) is 13.5 Å². The Kier molecular flexibility index (Phi) is 5.19. The fourth-order valence-corrected chi connectivity index (χ4v) is 0.903. The predicted molar refractivity (Wildman–Crippen MR) is 53.7 cm³/mol. The van der Waals surface area contributed by atoms with Crippen molar-refractivity contribution in [2.24, 2.45) is 0 Å². The van der Waals surface area contributed by atoms with Crippen LogP contribution in [0.2, 0.25) is 0 Å². The van der Waals surface area contributed by atoms with E-state index in [0.29, 0.717) is 5.56 Å². The molecule has 1 rings (SSSR count). The molecule has 0 N–H and O–H groups in total. The van der Waals surface area contributed by atoms with Gasteiger partial charge in [-0.2, -0.15) is 13.5 Å². The number of rotatable bonds is 2. The topological polar surface area (TPSA) is 59.3 Å². The maximum Gasteiger partial charge on any atom is 0.387 e. The predicted octanol–water partition coefficient (Wildman–Crippen LogP) is 1.68. The standard InChI is InChI=1S/C9H7NO3.H2S/c1-7-4-2-3-5-8(7)9(11)13-12-6-10;/h2-5H,1H3;1H2. The zero-order valence-corrected chi connectivity index (χ0v) is 8.48. The summed E-state index contributed by atoms with van der Waals surface area (Å²) in [6.45, 7) is 1.77. The first-order chi connectivity index (χ1) is 6.25. The van der Waals surface area contributed by atoms with Gasteiger partial charge in [-0.1, -0.05) is 18.2 Å². The Labute approximate surface area is 88.4 Å². The van der Waals surface area contributed by atoms with E-state index >= 15 is 0 Å². The summed E-state index contributed by atoms with van der Waals surface area (Å²) in [5.41, 5.74) is 1.16. The van der Waals surface area contributed by atoms with Crippen molar-refractivity contribution in [2.45, 2.75) is 6.92 Å². The first-order valence-corrected chi connectivity index (χ1v) is 3.58. The first kappa shape index (κ1) is 12.3. The fourth-order valence-electron chi connectivity index (χ4n) is 0.903. The molecule has 0 unspecified atom stereocenters. The van der Waals surface area contributed by atoms with Crippen LogP contribution in [0.25, 0.3) is 0 Å². The van der Waals surface area contributed by atoms with Crippen LogP contribution in [0.4, 0.5) is 0 Å². The van der Waals surface area contributed by atoms with Crippen LogP contribution >= 0.6 is 13.5 Å². The molecule has 0 aliphatic rings. The molecular weight excluding hydrogens is 202 g/mol. The van der Waals surface area contributed by atoms with E-state index in [0.717, 1.165) is 5.56 Å². The summed E-state index contributed by atoms with van der Waals surface area (Å²) < 4.78 is 0. The van der Waals surface area contributed by atoms with Gasteiger partial charge in [-0.25, -0.2) is 14.6 Å². The van der Waals surface area contributed by atoms with Gasteiger partial charge in [-0.3, -0.25) is 0 Å². The van der Waals surface area contributed by atoms with E-state index in [2.05, 4.69) is 9.78 Å². The minimum absolute atomic E-state index is 0. The van der Waals surface area contributed by atoms with Gasteiger partial charge in [0.15, 0.2) is 0 Å². The second-order valence-electron chi connectivity index (χ2n) is 2.36. The highest BCUT2D eigenvalue weighted by Crippen LogP contribution is 2.08. The Morgan fingerprint density at radius 2 is 2.07 bits per heavy atom. The number of carbonyl (C=O) groups is 1. The third-order valence-electron chi connectivity index (χ3n) is 1.52. The normalized spacial score (nSPS) is 8.00. The van der Waals surface area contributed by atoms with Crippen molar-refractivity contribution in [2.75, 3.05) is 0 Å². The van der Waals surface area contributed by atoms with Crippen LogP contribution in [0.15, 0.2) is 24.3 Å². The molecule has 0 spiro atoms. The molecule has 1 aromatic carbocycles. The van der Waals surface area contributed by atoms with Crippen LogP contribution in [0, 0.1) is 18.4 Å². The highest BCUT2D eigenvalue weighted by Gasteiger charge is 2.10. The van der Waals surface area contributed by atoms with Gasteiger partial charge < -0.3 is 0 Å². The van der Waals surface area contributed by atoms with Crippen molar-refractivity contribution in [3.05, 3.63) is 35.4 Å². The smallest absolute Gasteiger partial charge is 0.241 e. The molecule has 14 heavy (non-hydrogen) atoms. The molecule has 74 valence electrons. The van der Waals surface area contributed by atoms with Crippen LogP contribution in [-0.2, 0) is 9.78 Å². The molecule has 5 heteroatoms. The molecular formula is C9H9NO3S. The van der Waals surface area contributed by atoms with E-state index in [1.54, 1.807) is 31.2 Å². The van der Waals surface area contributed by atoms with Gasteiger partial charge in [0.1, 0.15) is 0 Å². The second kappa shape index (κ2) is 5.89. The number of nitriles is 1. The van der Waals surface area contributed by atoms with Crippen molar-refractivity contribution >= 4 is 19.5 Å². The van der Waals surface area contributed by atoms with Gasteiger partial charge in [-0.05, 0) is 18.6 Å². The Morgan fingerprint density at radius 3 is 2.64 bits per heavy atom. The van der Waals surface area contributed by atoms with E-state index in [9.17, 15) is 4.79 Å². The Balaban J connectivity index is 0.00000169. The van der Waals surface area contributed by atoms with Gasteiger partial charge in [0.05, 0.1) is 5.56 Å². The van der Waals surface area contributed by atoms with Gasteiger partial charge in [0, 0.05) is 0 Å². The summed E-state index contributed by atoms with van der Waals surface area (Å²) in [4.78, 5) is 19.1. The monoisotopic (exact) mass is 211 g/mol. The number of aryl methyl sites for hydroxylation is 1. The Hall–Kier alpha value is -1.67. The first-order valence-electron chi connectivity index (χ1n) is 3.58. The lowest BCUT2D eigenvalue weighted by Crippen LogP contribution is -2.05.